The lowest BCUT2D eigenvalue weighted by Crippen LogP contribution is -3.28. The summed E-state index contributed by atoms with van der Waals surface area (Å²) in [7, 11) is 2.34. The van der Waals surface area contributed by atoms with Gasteiger partial charge < -0.3 is 9.80 Å². The Kier molecular flexibility index (Phi) is 2.29. The summed E-state index contributed by atoms with van der Waals surface area (Å²) >= 11 is 0. The predicted octanol–water partition coefficient (Wildman–Crippen LogP) is -1.41. The van der Waals surface area contributed by atoms with E-state index in [-0.39, 0.29) is 0 Å². The highest BCUT2D eigenvalue weighted by Gasteiger charge is 2.45. The molecule has 14 heavy (non-hydrogen) atoms. The van der Waals surface area contributed by atoms with Gasteiger partial charge in [0.05, 0.1) is 13.1 Å². The first kappa shape index (κ1) is 9.17. The molecule has 1 aliphatic heterocycles. The number of likely N-dealkylation sites (N-methyl/N-ethyl adjacent to an activating group) is 1. The lowest BCUT2D eigenvalue weighted by Gasteiger charge is -2.35. The Morgan fingerprint density at radius 1 is 0.929 bits per heavy atom. The van der Waals surface area contributed by atoms with E-state index in [1.54, 1.807) is 30.6 Å². The molecule has 0 aromatic heterocycles. The molecule has 2 bridgehead atoms. The maximum atomic E-state index is 2.34. The van der Waals surface area contributed by atoms with Crippen molar-refractivity contribution in [2.24, 2.45) is 11.8 Å². The topological polar surface area (TPSA) is 8.88 Å². The molecule has 1 saturated heterocycles. The Morgan fingerprint density at radius 2 is 1.71 bits per heavy atom. The third kappa shape index (κ3) is 1.49. The Bertz CT molecular complexity index is 208. The van der Waals surface area contributed by atoms with Crippen LogP contribution in [0.15, 0.2) is 0 Å². The minimum atomic E-state index is 1.07. The van der Waals surface area contributed by atoms with E-state index < -0.39 is 0 Å². The summed E-state index contributed by atoms with van der Waals surface area (Å²) in [5, 5.41) is 0. The van der Waals surface area contributed by atoms with E-state index in [0.717, 1.165) is 17.9 Å². The van der Waals surface area contributed by atoms with Crippen molar-refractivity contribution in [3.05, 3.63) is 0 Å². The fourth-order valence-corrected chi connectivity index (χ4v) is 4.11. The van der Waals surface area contributed by atoms with Crippen LogP contribution in [0.3, 0.4) is 0 Å². The number of fused-ring (bicyclic) bond motifs is 2. The summed E-state index contributed by atoms with van der Waals surface area (Å²) in [5.74, 6) is 2.25. The van der Waals surface area contributed by atoms with Crippen LogP contribution in [-0.4, -0.2) is 39.3 Å². The molecular weight excluding hydrogens is 172 g/mol. The summed E-state index contributed by atoms with van der Waals surface area (Å²) in [5.41, 5.74) is 0. The van der Waals surface area contributed by atoms with Crippen LogP contribution in [0.2, 0.25) is 0 Å². The monoisotopic (exact) mass is 196 g/mol. The Hall–Kier alpha value is -0.0800. The molecule has 0 aromatic carbocycles. The van der Waals surface area contributed by atoms with Gasteiger partial charge in [-0.05, 0) is 25.2 Å². The van der Waals surface area contributed by atoms with Crippen molar-refractivity contribution in [3.8, 4) is 0 Å². The summed E-state index contributed by atoms with van der Waals surface area (Å²) < 4.78 is 0. The molecule has 0 amide bonds. The smallest absolute Gasteiger partial charge is 0.127 e. The third-order valence-corrected chi connectivity index (χ3v) is 5.01. The molecule has 3 atom stereocenters. The van der Waals surface area contributed by atoms with Crippen LogP contribution in [0.4, 0.5) is 0 Å². The fraction of sp³-hybridized carbons (Fsp3) is 1.00. The van der Waals surface area contributed by atoms with Crippen LogP contribution in [0, 0.1) is 11.8 Å². The van der Waals surface area contributed by atoms with Crippen LogP contribution in [-0.2, 0) is 0 Å². The van der Waals surface area contributed by atoms with Gasteiger partial charge in [0.25, 0.3) is 0 Å². The van der Waals surface area contributed by atoms with Gasteiger partial charge in [0.15, 0.2) is 0 Å². The maximum absolute atomic E-state index is 2.34. The number of hydrogen-bond donors (Lipinski definition) is 2. The molecule has 3 rings (SSSR count). The normalized spacial score (nSPS) is 52.5. The highest BCUT2D eigenvalue weighted by Crippen LogP contribution is 2.43. The summed E-state index contributed by atoms with van der Waals surface area (Å²) in [6.45, 7) is 5.70. The van der Waals surface area contributed by atoms with Crippen LogP contribution >= 0.6 is 0 Å². The van der Waals surface area contributed by atoms with E-state index in [9.17, 15) is 0 Å². The SMILES string of the molecule is C[NH+]1CC[NH+]([C@@H]2C[C@H]3CC[C@@H]2C3)CC1. The van der Waals surface area contributed by atoms with Crippen molar-refractivity contribution >= 4 is 0 Å². The van der Waals surface area contributed by atoms with Crippen molar-refractivity contribution in [3.63, 3.8) is 0 Å². The Labute approximate surface area is 87.3 Å². The molecule has 2 N–H and O–H groups in total. The summed E-state index contributed by atoms with van der Waals surface area (Å²) in [6.07, 6.45) is 6.26. The van der Waals surface area contributed by atoms with Crippen LogP contribution in [0.25, 0.3) is 0 Å². The molecule has 0 radical (unpaired) electrons. The molecule has 0 spiro atoms. The largest absolute Gasteiger partial charge is 0.328 e. The number of piperazine rings is 1. The van der Waals surface area contributed by atoms with E-state index in [1.807, 2.05) is 4.90 Å². The van der Waals surface area contributed by atoms with E-state index in [0.29, 0.717) is 0 Å². The number of hydrogen-bond acceptors (Lipinski definition) is 0. The summed E-state index contributed by atoms with van der Waals surface area (Å²) in [6, 6.07) is 1.07. The van der Waals surface area contributed by atoms with Crippen LogP contribution in [0.5, 0.6) is 0 Å². The van der Waals surface area contributed by atoms with E-state index in [1.165, 1.54) is 26.2 Å². The molecule has 2 saturated carbocycles. The van der Waals surface area contributed by atoms with Gasteiger partial charge in [-0.1, -0.05) is 0 Å². The van der Waals surface area contributed by atoms with Gasteiger partial charge in [-0.25, -0.2) is 0 Å². The first-order chi connectivity index (χ1) is 6.83. The van der Waals surface area contributed by atoms with Crippen molar-refractivity contribution in [1.29, 1.82) is 0 Å². The van der Waals surface area contributed by atoms with Crippen molar-refractivity contribution in [2.45, 2.75) is 31.7 Å². The average molecular weight is 196 g/mol. The highest BCUT2D eigenvalue weighted by molar-refractivity contribution is 4.90. The van der Waals surface area contributed by atoms with E-state index in [4.69, 9.17) is 0 Å². The lowest BCUT2D eigenvalue weighted by molar-refractivity contribution is -1.02. The van der Waals surface area contributed by atoms with E-state index in [2.05, 4.69) is 7.05 Å². The molecule has 3 aliphatic rings. The highest BCUT2D eigenvalue weighted by atomic mass is 15.3. The quantitative estimate of drug-likeness (QED) is 0.510. The molecule has 80 valence electrons. The molecule has 2 nitrogen and oxygen atoms in total. The zero-order valence-corrected chi connectivity index (χ0v) is 9.39. The number of quaternary nitrogens is 2. The Balaban J connectivity index is 1.61. The average Bonchev–Trinajstić information content (AvgIpc) is 2.80. The molecule has 2 heteroatoms. The molecular formula is C12H24N2+2. The first-order valence-electron chi connectivity index (χ1n) is 6.49. The third-order valence-electron chi connectivity index (χ3n) is 5.01. The Morgan fingerprint density at radius 3 is 2.29 bits per heavy atom. The second-order valence-corrected chi connectivity index (χ2v) is 5.90. The van der Waals surface area contributed by atoms with Gasteiger partial charge in [0.2, 0.25) is 0 Å². The predicted molar refractivity (Wildman–Crippen MR) is 56.6 cm³/mol. The first-order valence-corrected chi connectivity index (χ1v) is 6.49. The van der Waals surface area contributed by atoms with Gasteiger partial charge in [0.1, 0.15) is 26.2 Å². The fourth-order valence-electron chi connectivity index (χ4n) is 4.11. The standard InChI is InChI=1S/C12H22N2/c1-13-4-6-14(7-5-13)12-9-10-2-3-11(12)8-10/h10-12H,2-9H2,1H3/p+2/t10-,11+,12+/m0/s1. The van der Waals surface area contributed by atoms with Crippen molar-refractivity contribution in [2.75, 3.05) is 33.2 Å². The maximum Gasteiger partial charge on any atom is 0.127 e. The van der Waals surface area contributed by atoms with E-state index >= 15 is 0 Å². The van der Waals surface area contributed by atoms with Gasteiger partial charge >= 0.3 is 0 Å². The van der Waals surface area contributed by atoms with Crippen molar-refractivity contribution < 1.29 is 9.80 Å². The minimum Gasteiger partial charge on any atom is -0.328 e. The number of rotatable bonds is 1. The molecule has 0 unspecified atom stereocenters. The lowest BCUT2D eigenvalue weighted by atomic mass is 9.93. The second kappa shape index (κ2) is 3.49. The summed E-state index contributed by atoms with van der Waals surface area (Å²) in [4.78, 5) is 3.71. The molecule has 2 aliphatic carbocycles. The van der Waals surface area contributed by atoms with Gasteiger partial charge in [0, 0.05) is 12.3 Å². The van der Waals surface area contributed by atoms with Gasteiger partial charge in [-0.15, -0.1) is 0 Å². The zero-order valence-electron chi connectivity index (χ0n) is 9.39. The molecule has 3 fully saturated rings. The van der Waals surface area contributed by atoms with Crippen molar-refractivity contribution in [1.82, 2.24) is 0 Å². The van der Waals surface area contributed by atoms with Gasteiger partial charge in [-0.2, -0.15) is 0 Å². The van der Waals surface area contributed by atoms with Crippen LogP contribution < -0.4 is 9.80 Å². The molecule has 1 heterocycles. The second-order valence-electron chi connectivity index (χ2n) is 5.90. The van der Waals surface area contributed by atoms with Crippen LogP contribution in [0.1, 0.15) is 25.7 Å². The minimum absolute atomic E-state index is 1.07. The van der Waals surface area contributed by atoms with Gasteiger partial charge in [-0.3, -0.25) is 0 Å². The zero-order chi connectivity index (χ0) is 9.54. The number of nitrogens with one attached hydrogen (secondary N) is 2. The molecule has 0 aromatic rings.